The van der Waals surface area contributed by atoms with Crippen LogP contribution >= 0.6 is 0 Å². The molecule has 1 aromatic carbocycles. The molecule has 0 saturated carbocycles. The van der Waals surface area contributed by atoms with Crippen molar-refractivity contribution >= 4 is 12.0 Å². The molecule has 0 aliphatic heterocycles. The minimum Gasteiger partial charge on any atom is -0.480 e. The van der Waals surface area contributed by atoms with Gasteiger partial charge in [-0.05, 0) is 12.5 Å². The summed E-state index contributed by atoms with van der Waals surface area (Å²) in [4.78, 5) is 25.5. The van der Waals surface area contributed by atoms with E-state index in [1.807, 2.05) is 31.2 Å². The number of aliphatic carboxylic acids is 1. The lowest BCUT2D eigenvalue weighted by atomic mass is 10.1. The van der Waals surface area contributed by atoms with Crippen molar-refractivity contribution in [2.45, 2.75) is 13.5 Å². The normalized spacial score (nSPS) is 9.65. The van der Waals surface area contributed by atoms with Crippen LogP contribution < -0.4 is 0 Å². The highest BCUT2D eigenvalue weighted by atomic mass is 16.4. The second kappa shape index (κ2) is 7.19. The van der Waals surface area contributed by atoms with Crippen LogP contribution in [-0.2, 0) is 11.3 Å². The van der Waals surface area contributed by atoms with Gasteiger partial charge in [-0.1, -0.05) is 35.7 Å². The van der Waals surface area contributed by atoms with E-state index in [1.54, 1.807) is 7.05 Å². The maximum atomic E-state index is 12.2. The fraction of sp³-hybridized carbons (Fsp3) is 0.333. The molecule has 0 fully saturated rings. The summed E-state index contributed by atoms with van der Waals surface area (Å²) in [5.41, 5.74) is 2.09. The quantitative estimate of drug-likeness (QED) is 0.829. The maximum absolute atomic E-state index is 12.2. The number of carboxylic acids is 1. The summed E-state index contributed by atoms with van der Waals surface area (Å²) in [6.45, 7) is 1.95. The number of carbonyl (C=O) groups excluding carboxylic acids is 1. The van der Waals surface area contributed by atoms with Crippen molar-refractivity contribution in [1.29, 1.82) is 0 Å². The van der Waals surface area contributed by atoms with Gasteiger partial charge in [0.1, 0.15) is 6.54 Å². The van der Waals surface area contributed by atoms with Crippen molar-refractivity contribution in [3.63, 3.8) is 0 Å². The van der Waals surface area contributed by atoms with Crippen LogP contribution in [0.15, 0.2) is 24.3 Å². The number of hydrogen-bond acceptors (Lipinski definition) is 2. The third-order valence-electron chi connectivity index (χ3n) is 2.71. The zero-order valence-electron chi connectivity index (χ0n) is 11.7. The van der Waals surface area contributed by atoms with Gasteiger partial charge in [0.2, 0.25) is 0 Å². The number of urea groups is 1. The average molecular weight is 274 g/mol. The van der Waals surface area contributed by atoms with E-state index in [-0.39, 0.29) is 6.54 Å². The lowest BCUT2D eigenvalue weighted by Crippen LogP contribution is -2.43. The molecule has 0 bridgehead atoms. The van der Waals surface area contributed by atoms with E-state index in [9.17, 15) is 9.59 Å². The van der Waals surface area contributed by atoms with Gasteiger partial charge in [0.25, 0.3) is 0 Å². The van der Waals surface area contributed by atoms with Crippen LogP contribution in [0.4, 0.5) is 4.79 Å². The molecule has 0 heterocycles. The lowest BCUT2D eigenvalue weighted by molar-refractivity contribution is -0.137. The molecule has 20 heavy (non-hydrogen) atoms. The lowest BCUT2D eigenvalue weighted by Gasteiger charge is -2.25. The van der Waals surface area contributed by atoms with E-state index in [4.69, 9.17) is 11.5 Å². The van der Waals surface area contributed by atoms with Gasteiger partial charge in [-0.3, -0.25) is 4.79 Å². The van der Waals surface area contributed by atoms with Crippen LogP contribution in [0.1, 0.15) is 11.1 Å². The topological polar surface area (TPSA) is 60.9 Å². The Morgan fingerprint density at radius 2 is 2.10 bits per heavy atom. The molecule has 0 spiro atoms. The van der Waals surface area contributed by atoms with Crippen LogP contribution in [0.2, 0.25) is 0 Å². The summed E-state index contributed by atoms with van der Waals surface area (Å²) in [5.74, 6) is 1.21. The molecular weight excluding hydrogens is 256 g/mol. The number of aryl methyl sites for hydroxylation is 1. The van der Waals surface area contributed by atoms with Crippen molar-refractivity contribution < 1.29 is 14.7 Å². The number of rotatable bonds is 5. The highest BCUT2D eigenvalue weighted by Gasteiger charge is 2.19. The van der Waals surface area contributed by atoms with E-state index >= 15 is 0 Å². The summed E-state index contributed by atoms with van der Waals surface area (Å²) >= 11 is 0. The Kier molecular flexibility index (Phi) is 5.60. The molecular formula is C15H18N2O3. The van der Waals surface area contributed by atoms with Gasteiger partial charge in [0.05, 0.1) is 6.54 Å². The third-order valence-corrected chi connectivity index (χ3v) is 2.71. The van der Waals surface area contributed by atoms with Crippen LogP contribution in [0, 0.1) is 19.3 Å². The zero-order valence-corrected chi connectivity index (χ0v) is 11.7. The van der Waals surface area contributed by atoms with E-state index in [0.29, 0.717) is 6.54 Å². The van der Waals surface area contributed by atoms with Crippen LogP contribution in [-0.4, -0.2) is 47.0 Å². The number of hydrogen-bond donors (Lipinski definition) is 1. The standard InChI is InChI=1S/C15H18N2O3/c1-4-8-17(11-14(18)19)15(20)16(3)10-13-7-5-6-12(2)9-13/h1,5-7,9H,8,10-11H2,2-3H3,(H,18,19). The number of nitrogens with zero attached hydrogens (tertiary/aromatic N) is 2. The summed E-state index contributed by atoms with van der Waals surface area (Å²) in [6.07, 6.45) is 5.16. The van der Waals surface area contributed by atoms with Gasteiger partial charge < -0.3 is 14.9 Å². The molecule has 0 unspecified atom stereocenters. The van der Waals surface area contributed by atoms with E-state index in [1.165, 1.54) is 4.90 Å². The van der Waals surface area contributed by atoms with Gasteiger partial charge in [0.15, 0.2) is 0 Å². The smallest absolute Gasteiger partial charge is 0.323 e. The Hall–Kier alpha value is -2.48. The minimum absolute atomic E-state index is 0.0245. The molecule has 0 aliphatic carbocycles. The van der Waals surface area contributed by atoms with Crippen molar-refractivity contribution in [3.05, 3.63) is 35.4 Å². The first-order valence-corrected chi connectivity index (χ1v) is 6.15. The second-order valence-corrected chi connectivity index (χ2v) is 4.58. The highest BCUT2D eigenvalue weighted by Crippen LogP contribution is 2.08. The van der Waals surface area contributed by atoms with Crippen molar-refractivity contribution in [3.8, 4) is 12.3 Å². The Morgan fingerprint density at radius 3 is 2.65 bits per heavy atom. The zero-order chi connectivity index (χ0) is 15.1. The largest absolute Gasteiger partial charge is 0.480 e. The number of carboxylic acid groups (broad SMARTS) is 1. The second-order valence-electron chi connectivity index (χ2n) is 4.58. The SMILES string of the molecule is C#CCN(CC(=O)O)C(=O)N(C)Cc1cccc(C)c1. The van der Waals surface area contributed by atoms with E-state index in [2.05, 4.69) is 5.92 Å². The first-order chi connectivity index (χ1) is 9.43. The first kappa shape index (κ1) is 15.6. The molecule has 106 valence electrons. The molecule has 0 aromatic heterocycles. The van der Waals surface area contributed by atoms with Gasteiger partial charge >= 0.3 is 12.0 Å². The van der Waals surface area contributed by atoms with Gasteiger partial charge in [-0.25, -0.2) is 4.79 Å². The van der Waals surface area contributed by atoms with Gasteiger partial charge in [-0.2, -0.15) is 0 Å². The van der Waals surface area contributed by atoms with Crippen LogP contribution in [0.3, 0.4) is 0 Å². The Balaban J connectivity index is 2.73. The number of benzene rings is 1. The predicted molar refractivity (Wildman–Crippen MR) is 76.1 cm³/mol. The number of amides is 2. The summed E-state index contributed by atoms with van der Waals surface area (Å²) in [7, 11) is 1.62. The Bertz CT molecular complexity index is 534. The van der Waals surface area contributed by atoms with E-state index < -0.39 is 18.5 Å². The Morgan fingerprint density at radius 1 is 1.40 bits per heavy atom. The maximum Gasteiger partial charge on any atom is 0.323 e. The van der Waals surface area contributed by atoms with Crippen molar-refractivity contribution in [1.82, 2.24) is 9.80 Å². The molecule has 1 rings (SSSR count). The average Bonchev–Trinajstić information content (AvgIpc) is 2.36. The highest BCUT2D eigenvalue weighted by molar-refractivity contribution is 5.80. The fourth-order valence-electron chi connectivity index (χ4n) is 1.86. The molecule has 1 aromatic rings. The molecule has 0 saturated heterocycles. The summed E-state index contributed by atoms with van der Waals surface area (Å²) in [5, 5.41) is 8.79. The molecule has 5 heteroatoms. The van der Waals surface area contributed by atoms with Crippen LogP contribution in [0.25, 0.3) is 0 Å². The summed E-state index contributed by atoms with van der Waals surface area (Å²) < 4.78 is 0. The van der Waals surface area contributed by atoms with Crippen molar-refractivity contribution in [2.24, 2.45) is 0 Å². The van der Waals surface area contributed by atoms with Crippen molar-refractivity contribution in [2.75, 3.05) is 20.1 Å². The molecule has 2 amide bonds. The molecule has 1 N–H and O–H groups in total. The van der Waals surface area contributed by atoms with Gasteiger partial charge in [0, 0.05) is 13.6 Å². The molecule has 0 atom stereocenters. The molecule has 0 radical (unpaired) electrons. The Labute approximate surface area is 118 Å². The van der Waals surface area contributed by atoms with E-state index in [0.717, 1.165) is 16.0 Å². The number of terminal acetylenes is 1. The minimum atomic E-state index is -1.09. The molecule has 5 nitrogen and oxygen atoms in total. The van der Waals surface area contributed by atoms with Gasteiger partial charge in [-0.15, -0.1) is 6.42 Å². The van der Waals surface area contributed by atoms with Crippen LogP contribution in [0.5, 0.6) is 0 Å². The summed E-state index contributed by atoms with van der Waals surface area (Å²) in [6, 6.07) is 7.39. The third kappa shape index (κ3) is 4.65. The predicted octanol–water partition coefficient (Wildman–Crippen LogP) is 1.57. The molecule has 0 aliphatic rings. The number of carbonyl (C=O) groups is 2. The fourth-order valence-corrected chi connectivity index (χ4v) is 1.86. The monoisotopic (exact) mass is 274 g/mol. The first-order valence-electron chi connectivity index (χ1n) is 6.15.